The van der Waals surface area contributed by atoms with Gasteiger partial charge in [0.05, 0.1) is 21.3 Å². The molecule has 0 spiro atoms. The van der Waals surface area contributed by atoms with Crippen LogP contribution < -0.4 is 5.73 Å². The Bertz CT molecular complexity index is 675. The number of fused-ring (bicyclic) bond motifs is 1. The summed E-state index contributed by atoms with van der Waals surface area (Å²) in [5.74, 6) is 0. The fraction of sp³-hybridized carbons (Fsp3) is 0.133. The number of thiazole rings is 1. The molecule has 0 aliphatic carbocycles. The highest BCUT2D eigenvalue weighted by Crippen LogP contribution is 2.26. The first kappa shape index (κ1) is 12.1. The molecule has 0 amide bonds. The third kappa shape index (κ3) is 2.59. The Hall–Kier alpha value is -1.91. The van der Waals surface area contributed by atoms with E-state index in [0.717, 1.165) is 20.8 Å². The zero-order valence-electron chi connectivity index (χ0n) is 10.3. The average Bonchev–Trinajstić information content (AvgIpc) is 2.80. The van der Waals surface area contributed by atoms with Crippen LogP contribution in [0, 0.1) is 0 Å². The molecule has 3 rings (SSSR count). The smallest absolute Gasteiger partial charge is 0.0967 e. The molecule has 0 aliphatic rings. The minimum absolute atomic E-state index is 0.517. The summed E-state index contributed by atoms with van der Waals surface area (Å²) in [4.78, 5) is 4.53. The third-order valence-electron chi connectivity index (χ3n) is 3.00. The number of nitrogens with two attached hydrogens (primary N) is 1. The Labute approximate surface area is 115 Å². The monoisotopic (exact) mass is 270 g/mol. The van der Waals surface area contributed by atoms with Gasteiger partial charge >= 0.3 is 0 Å². The molecular formula is C15H14N2OS. The Morgan fingerprint density at radius 2 is 2.00 bits per heavy atom. The highest BCUT2D eigenvalue weighted by atomic mass is 32.1. The molecule has 1 atom stereocenters. The van der Waals surface area contributed by atoms with Crippen molar-refractivity contribution in [2.24, 2.45) is 0 Å². The number of anilines is 1. The van der Waals surface area contributed by atoms with Crippen LogP contribution in [-0.2, 0) is 6.42 Å². The molecule has 4 heteroatoms. The molecule has 96 valence electrons. The normalized spacial score (nSPS) is 12.7. The van der Waals surface area contributed by atoms with E-state index in [1.165, 1.54) is 0 Å². The van der Waals surface area contributed by atoms with Crippen LogP contribution in [0.4, 0.5) is 5.69 Å². The summed E-state index contributed by atoms with van der Waals surface area (Å²) in [5.41, 5.74) is 8.22. The van der Waals surface area contributed by atoms with Crippen LogP contribution in [0.3, 0.4) is 0 Å². The molecule has 0 saturated carbocycles. The Morgan fingerprint density at radius 3 is 2.79 bits per heavy atom. The van der Waals surface area contributed by atoms with Crippen LogP contribution in [0.15, 0.2) is 48.5 Å². The van der Waals surface area contributed by atoms with Gasteiger partial charge in [-0.2, -0.15) is 0 Å². The van der Waals surface area contributed by atoms with Gasteiger partial charge in [0.25, 0.3) is 0 Å². The van der Waals surface area contributed by atoms with Crippen LogP contribution >= 0.6 is 11.3 Å². The molecule has 1 aromatic heterocycles. The lowest BCUT2D eigenvalue weighted by Gasteiger charge is -2.09. The predicted octanol–water partition coefficient (Wildman–Crippen LogP) is 3.15. The second kappa shape index (κ2) is 4.99. The van der Waals surface area contributed by atoms with Crippen LogP contribution in [0.1, 0.15) is 16.7 Å². The summed E-state index contributed by atoms with van der Waals surface area (Å²) in [6.07, 6.45) is -0.0490. The Morgan fingerprint density at radius 1 is 1.16 bits per heavy atom. The number of rotatable bonds is 3. The van der Waals surface area contributed by atoms with E-state index in [2.05, 4.69) is 4.98 Å². The van der Waals surface area contributed by atoms with Gasteiger partial charge in [-0.15, -0.1) is 11.3 Å². The lowest BCUT2D eigenvalue weighted by molar-refractivity contribution is 0.178. The summed E-state index contributed by atoms with van der Waals surface area (Å²) in [5, 5.41) is 11.2. The zero-order valence-corrected chi connectivity index (χ0v) is 11.1. The van der Waals surface area contributed by atoms with Crippen molar-refractivity contribution >= 4 is 27.2 Å². The maximum atomic E-state index is 10.2. The standard InChI is InChI=1S/C15H14N2OS/c16-11-5-3-4-10(8-11)13(18)9-15-17-12-6-1-2-7-14(12)19-15/h1-8,13,18H,9,16H2. The minimum Gasteiger partial charge on any atom is -0.399 e. The van der Waals surface area contributed by atoms with E-state index >= 15 is 0 Å². The number of aromatic nitrogens is 1. The second-order valence-corrected chi connectivity index (χ2v) is 5.58. The predicted molar refractivity (Wildman–Crippen MR) is 79.1 cm³/mol. The van der Waals surface area contributed by atoms with Gasteiger partial charge in [0.1, 0.15) is 0 Å². The van der Waals surface area contributed by atoms with Crippen molar-refractivity contribution in [2.75, 3.05) is 5.73 Å². The topological polar surface area (TPSA) is 59.1 Å². The summed E-state index contributed by atoms with van der Waals surface area (Å²) >= 11 is 1.62. The van der Waals surface area contributed by atoms with Crippen molar-refractivity contribution in [3.63, 3.8) is 0 Å². The van der Waals surface area contributed by atoms with Crippen LogP contribution in [0.2, 0.25) is 0 Å². The number of nitrogen functional groups attached to an aromatic ring is 1. The van der Waals surface area contributed by atoms with Gasteiger partial charge in [0, 0.05) is 12.1 Å². The van der Waals surface area contributed by atoms with Crippen molar-refractivity contribution in [1.82, 2.24) is 4.98 Å². The molecule has 19 heavy (non-hydrogen) atoms. The van der Waals surface area contributed by atoms with Gasteiger partial charge in [0.2, 0.25) is 0 Å². The number of benzene rings is 2. The molecule has 0 radical (unpaired) electrons. The number of aliphatic hydroxyl groups is 1. The zero-order chi connectivity index (χ0) is 13.2. The van der Waals surface area contributed by atoms with E-state index in [1.807, 2.05) is 42.5 Å². The largest absolute Gasteiger partial charge is 0.399 e. The summed E-state index contributed by atoms with van der Waals surface area (Å²) in [7, 11) is 0. The fourth-order valence-corrected chi connectivity index (χ4v) is 3.06. The molecular weight excluding hydrogens is 256 g/mol. The van der Waals surface area contributed by atoms with E-state index in [4.69, 9.17) is 5.73 Å². The molecule has 0 aliphatic heterocycles. The molecule has 1 heterocycles. The van der Waals surface area contributed by atoms with E-state index in [9.17, 15) is 5.11 Å². The van der Waals surface area contributed by atoms with Gasteiger partial charge in [-0.3, -0.25) is 0 Å². The molecule has 3 aromatic rings. The van der Waals surface area contributed by atoms with E-state index < -0.39 is 6.10 Å². The van der Waals surface area contributed by atoms with Gasteiger partial charge in [0.15, 0.2) is 0 Å². The van der Waals surface area contributed by atoms with Crippen molar-refractivity contribution in [3.8, 4) is 0 Å². The number of nitrogens with zero attached hydrogens (tertiary/aromatic N) is 1. The van der Waals surface area contributed by atoms with Crippen LogP contribution in [0.5, 0.6) is 0 Å². The Kier molecular flexibility index (Phi) is 3.19. The number of para-hydroxylation sites is 1. The third-order valence-corrected chi connectivity index (χ3v) is 4.06. The Balaban J connectivity index is 1.84. The van der Waals surface area contributed by atoms with Crippen molar-refractivity contribution < 1.29 is 5.11 Å². The molecule has 1 unspecified atom stereocenters. The quantitative estimate of drug-likeness (QED) is 0.719. The maximum absolute atomic E-state index is 10.2. The van der Waals surface area contributed by atoms with Crippen LogP contribution in [-0.4, -0.2) is 10.1 Å². The lowest BCUT2D eigenvalue weighted by atomic mass is 10.1. The van der Waals surface area contributed by atoms with Gasteiger partial charge in [-0.25, -0.2) is 4.98 Å². The number of hydrogen-bond acceptors (Lipinski definition) is 4. The first-order valence-corrected chi connectivity index (χ1v) is 6.92. The van der Waals surface area contributed by atoms with Crippen molar-refractivity contribution in [1.29, 1.82) is 0 Å². The maximum Gasteiger partial charge on any atom is 0.0967 e. The highest BCUT2D eigenvalue weighted by molar-refractivity contribution is 7.18. The highest BCUT2D eigenvalue weighted by Gasteiger charge is 2.12. The SMILES string of the molecule is Nc1cccc(C(O)Cc2nc3ccccc3s2)c1. The first-order chi connectivity index (χ1) is 9.22. The molecule has 3 N–H and O–H groups in total. The van der Waals surface area contributed by atoms with E-state index in [-0.39, 0.29) is 0 Å². The number of aliphatic hydroxyl groups excluding tert-OH is 1. The van der Waals surface area contributed by atoms with Gasteiger partial charge < -0.3 is 10.8 Å². The van der Waals surface area contributed by atoms with Gasteiger partial charge in [-0.1, -0.05) is 24.3 Å². The number of hydrogen-bond donors (Lipinski definition) is 2. The average molecular weight is 270 g/mol. The lowest BCUT2D eigenvalue weighted by Crippen LogP contribution is -2.02. The van der Waals surface area contributed by atoms with E-state index in [0.29, 0.717) is 12.1 Å². The summed E-state index contributed by atoms with van der Waals surface area (Å²) < 4.78 is 1.15. The van der Waals surface area contributed by atoms with E-state index in [1.54, 1.807) is 17.4 Å². The molecule has 2 aromatic carbocycles. The van der Waals surface area contributed by atoms with Gasteiger partial charge in [-0.05, 0) is 29.8 Å². The molecule has 0 fully saturated rings. The summed E-state index contributed by atoms with van der Waals surface area (Å²) in [6.45, 7) is 0. The second-order valence-electron chi connectivity index (χ2n) is 4.47. The van der Waals surface area contributed by atoms with Crippen molar-refractivity contribution in [3.05, 3.63) is 59.1 Å². The first-order valence-electron chi connectivity index (χ1n) is 6.10. The summed E-state index contributed by atoms with van der Waals surface area (Å²) in [6, 6.07) is 15.4. The van der Waals surface area contributed by atoms with Crippen LogP contribution in [0.25, 0.3) is 10.2 Å². The fourth-order valence-electron chi connectivity index (χ4n) is 2.06. The van der Waals surface area contributed by atoms with Crippen molar-refractivity contribution in [2.45, 2.75) is 12.5 Å². The molecule has 3 nitrogen and oxygen atoms in total. The minimum atomic E-state index is -0.566. The molecule has 0 bridgehead atoms. The molecule has 0 saturated heterocycles.